The predicted octanol–water partition coefficient (Wildman–Crippen LogP) is -1.12. The van der Waals surface area contributed by atoms with E-state index in [0.717, 1.165) is 0 Å². The molecule has 42 valence electrons. The van der Waals surface area contributed by atoms with E-state index in [-0.39, 0.29) is 10.6 Å². The summed E-state index contributed by atoms with van der Waals surface area (Å²) in [6, 6.07) is 0. The predicted molar refractivity (Wildman–Crippen MR) is 26.7 cm³/mol. The minimum atomic E-state index is -0.797. The number of hydrogen-bond acceptors (Lipinski definition) is 2. The maximum atomic E-state index is 9.68. The van der Waals surface area contributed by atoms with Gasteiger partial charge < -0.3 is 0 Å². The van der Waals surface area contributed by atoms with Crippen molar-refractivity contribution in [3.8, 4) is 0 Å². The van der Waals surface area contributed by atoms with Gasteiger partial charge in [0.25, 0.3) is 0 Å². The topological polar surface area (TPSA) is 57.5 Å². The maximum absolute atomic E-state index is 9.68. The van der Waals surface area contributed by atoms with E-state index in [1.807, 2.05) is 0 Å². The van der Waals surface area contributed by atoms with Crippen LogP contribution in [0.2, 0.25) is 5.21 Å². The van der Waals surface area contributed by atoms with E-state index in [4.69, 9.17) is 10.2 Å². The van der Waals surface area contributed by atoms with Gasteiger partial charge in [-0.15, -0.1) is 0 Å². The number of aliphatic hydroxyl groups is 1. The molecule has 0 aliphatic carbocycles. The van der Waals surface area contributed by atoms with E-state index < -0.39 is 21.7 Å². The molecule has 0 heterocycles. The summed E-state index contributed by atoms with van der Waals surface area (Å²) in [6.07, 6.45) is 0. The van der Waals surface area contributed by atoms with Gasteiger partial charge in [0.2, 0.25) is 0 Å². The van der Waals surface area contributed by atoms with E-state index in [9.17, 15) is 4.79 Å². The SMILES string of the molecule is O=C(O)C[AsH]CO. The summed E-state index contributed by atoms with van der Waals surface area (Å²) in [7, 11) is 0. The molecule has 0 saturated heterocycles. The summed E-state index contributed by atoms with van der Waals surface area (Å²) < 4.78 is 0. The van der Waals surface area contributed by atoms with E-state index in [1.54, 1.807) is 0 Å². The Labute approximate surface area is 48.0 Å². The van der Waals surface area contributed by atoms with Gasteiger partial charge in [0, 0.05) is 0 Å². The summed E-state index contributed by atoms with van der Waals surface area (Å²) in [6.45, 7) is 0. The summed E-state index contributed by atoms with van der Waals surface area (Å²) in [5.41, 5.74) is 0. The van der Waals surface area contributed by atoms with E-state index in [0.29, 0.717) is 0 Å². The molecule has 7 heavy (non-hydrogen) atoms. The summed E-state index contributed by atoms with van der Waals surface area (Å²) >= 11 is -0.567. The molecule has 0 radical (unpaired) electrons. The molecule has 3 nitrogen and oxygen atoms in total. The van der Waals surface area contributed by atoms with Crippen LogP contribution < -0.4 is 0 Å². The minimum absolute atomic E-state index is 0.0896. The Morgan fingerprint density at radius 2 is 2.29 bits per heavy atom. The second-order valence-electron chi connectivity index (χ2n) is 0.979. The van der Waals surface area contributed by atoms with Gasteiger partial charge in [-0.05, 0) is 0 Å². The standard InChI is InChI=1S/C3H7AsO3/c5-2-4-1-3(6)7/h4-5H,1-2H2,(H,6,7). The molecule has 0 fully saturated rings. The number of rotatable bonds is 3. The van der Waals surface area contributed by atoms with Crippen LogP contribution in [0.3, 0.4) is 0 Å². The number of hydrogen-bond donors (Lipinski definition) is 2. The molecule has 0 amide bonds. The molecule has 1 atom stereocenters. The monoisotopic (exact) mass is 166 g/mol. The van der Waals surface area contributed by atoms with Crippen molar-refractivity contribution in [2.75, 3.05) is 5.39 Å². The Kier molecular flexibility index (Phi) is 4.15. The van der Waals surface area contributed by atoms with Gasteiger partial charge >= 0.3 is 47.3 Å². The second kappa shape index (κ2) is 4.16. The van der Waals surface area contributed by atoms with Gasteiger partial charge in [0.05, 0.1) is 0 Å². The van der Waals surface area contributed by atoms with Crippen molar-refractivity contribution in [2.24, 2.45) is 0 Å². The first kappa shape index (κ1) is 6.99. The first-order valence-corrected chi connectivity index (χ1v) is 4.77. The molecule has 0 aromatic heterocycles. The van der Waals surface area contributed by atoms with Crippen LogP contribution in [0.15, 0.2) is 0 Å². The van der Waals surface area contributed by atoms with E-state index >= 15 is 0 Å². The molecule has 0 aromatic rings. The average molecular weight is 166 g/mol. The number of aliphatic carboxylic acids is 1. The molecule has 0 rings (SSSR count). The van der Waals surface area contributed by atoms with Gasteiger partial charge in [-0.2, -0.15) is 0 Å². The summed E-state index contributed by atoms with van der Waals surface area (Å²) in [5.74, 6) is -0.797. The molecule has 2 N–H and O–H groups in total. The Bertz CT molecular complexity index is 63.2. The van der Waals surface area contributed by atoms with Gasteiger partial charge in [-0.25, -0.2) is 0 Å². The fourth-order valence-corrected chi connectivity index (χ4v) is 0.846. The van der Waals surface area contributed by atoms with Gasteiger partial charge in [0.15, 0.2) is 0 Å². The molecule has 0 aliphatic heterocycles. The van der Waals surface area contributed by atoms with Gasteiger partial charge in [-0.1, -0.05) is 0 Å². The average Bonchev–Trinajstić information content (AvgIpc) is 1.61. The third-order valence-electron chi connectivity index (χ3n) is 0.388. The Morgan fingerprint density at radius 3 is 2.43 bits per heavy atom. The molecule has 0 aliphatic rings. The number of carboxylic acids is 1. The third kappa shape index (κ3) is 5.99. The van der Waals surface area contributed by atoms with Crippen LogP contribution in [0.25, 0.3) is 0 Å². The zero-order chi connectivity index (χ0) is 5.70. The van der Waals surface area contributed by atoms with Crippen LogP contribution >= 0.6 is 0 Å². The molecule has 0 aromatic carbocycles. The molecule has 1 unspecified atom stereocenters. The van der Waals surface area contributed by atoms with E-state index in [2.05, 4.69) is 0 Å². The molecule has 0 bridgehead atoms. The van der Waals surface area contributed by atoms with Gasteiger partial charge in [0.1, 0.15) is 0 Å². The van der Waals surface area contributed by atoms with Crippen molar-refractivity contribution in [3.05, 3.63) is 0 Å². The molecular weight excluding hydrogens is 159 g/mol. The number of aliphatic hydroxyl groups excluding tert-OH is 1. The molecule has 0 spiro atoms. The fraction of sp³-hybridized carbons (Fsp3) is 0.667. The first-order valence-electron chi connectivity index (χ1n) is 1.80. The van der Waals surface area contributed by atoms with Crippen molar-refractivity contribution < 1.29 is 15.0 Å². The zero-order valence-corrected chi connectivity index (χ0v) is 5.81. The number of carboxylic acid groups (broad SMARTS) is 1. The van der Waals surface area contributed by atoms with Crippen molar-refractivity contribution in [1.29, 1.82) is 0 Å². The van der Waals surface area contributed by atoms with Crippen molar-refractivity contribution >= 4 is 21.7 Å². The Balaban J connectivity index is 2.82. The first-order chi connectivity index (χ1) is 3.27. The van der Waals surface area contributed by atoms with E-state index in [1.165, 1.54) is 0 Å². The van der Waals surface area contributed by atoms with Crippen LogP contribution in [0.1, 0.15) is 0 Å². The molecule has 0 saturated carbocycles. The summed E-state index contributed by atoms with van der Waals surface area (Å²) in [4.78, 5) is 9.68. The zero-order valence-electron chi connectivity index (χ0n) is 3.72. The van der Waals surface area contributed by atoms with Crippen LogP contribution in [-0.4, -0.2) is 37.3 Å². The Hall–Kier alpha value is -0.0116. The molecular formula is C3H7AsO3. The fourth-order valence-electron chi connectivity index (χ4n) is 0.163. The number of carbonyl (C=O) groups is 1. The van der Waals surface area contributed by atoms with Crippen LogP contribution in [0.4, 0.5) is 0 Å². The van der Waals surface area contributed by atoms with Crippen molar-refractivity contribution in [1.82, 2.24) is 0 Å². The Morgan fingerprint density at radius 1 is 1.71 bits per heavy atom. The third-order valence-corrected chi connectivity index (χ3v) is 2.02. The van der Waals surface area contributed by atoms with Crippen LogP contribution in [0.5, 0.6) is 0 Å². The summed E-state index contributed by atoms with van der Waals surface area (Å²) in [5, 5.41) is 16.4. The normalized spacial score (nSPS) is 10.4. The van der Waals surface area contributed by atoms with Crippen molar-refractivity contribution in [3.63, 3.8) is 0 Å². The molecule has 4 heteroatoms. The second-order valence-corrected chi connectivity index (χ2v) is 3.43. The van der Waals surface area contributed by atoms with Gasteiger partial charge in [-0.3, -0.25) is 0 Å². The quantitative estimate of drug-likeness (QED) is 0.522. The van der Waals surface area contributed by atoms with Crippen LogP contribution in [-0.2, 0) is 4.79 Å². The van der Waals surface area contributed by atoms with Crippen molar-refractivity contribution in [2.45, 2.75) is 5.21 Å². The van der Waals surface area contributed by atoms with Crippen LogP contribution in [0, 0.1) is 0 Å².